The summed E-state index contributed by atoms with van der Waals surface area (Å²) in [6.45, 7) is 5.67. The predicted octanol–water partition coefficient (Wildman–Crippen LogP) is 2.46. The molecule has 4 saturated carbocycles. The third-order valence-electron chi connectivity index (χ3n) is 5.63. The van der Waals surface area contributed by atoms with Gasteiger partial charge in [-0.05, 0) is 62.3 Å². The molecule has 4 fully saturated rings. The van der Waals surface area contributed by atoms with Crippen LogP contribution in [0.1, 0.15) is 58.8 Å². The molecule has 19 heavy (non-hydrogen) atoms. The summed E-state index contributed by atoms with van der Waals surface area (Å²) in [5, 5.41) is 6.49. The van der Waals surface area contributed by atoms with Crippen LogP contribution in [0.2, 0.25) is 0 Å². The van der Waals surface area contributed by atoms with Crippen LogP contribution in [-0.2, 0) is 4.79 Å². The molecule has 4 bridgehead atoms. The van der Waals surface area contributed by atoms with Crippen molar-refractivity contribution in [1.82, 2.24) is 10.6 Å². The minimum absolute atomic E-state index is 0.119. The first-order chi connectivity index (χ1) is 8.86. The lowest BCUT2D eigenvalue weighted by Crippen LogP contribution is -2.65. The lowest BCUT2D eigenvalue weighted by atomic mass is 9.43. The van der Waals surface area contributed by atoms with Crippen LogP contribution in [0.3, 0.4) is 0 Å². The molecule has 4 aliphatic rings. The van der Waals surface area contributed by atoms with Crippen molar-refractivity contribution in [2.24, 2.45) is 16.7 Å². The molecule has 0 saturated heterocycles. The Kier molecular flexibility index (Phi) is 2.97. The summed E-state index contributed by atoms with van der Waals surface area (Å²) >= 11 is 0. The first-order valence-electron chi connectivity index (χ1n) is 7.82. The van der Waals surface area contributed by atoms with Crippen LogP contribution in [0.15, 0.2) is 0 Å². The summed E-state index contributed by atoms with van der Waals surface area (Å²) in [4.78, 5) is 12.1. The van der Waals surface area contributed by atoms with Crippen LogP contribution in [0.4, 0.5) is 0 Å². The molecule has 4 aliphatic carbocycles. The number of rotatable bonds is 4. The van der Waals surface area contributed by atoms with E-state index in [0.717, 1.165) is 12.5 Å². The van der Waals surface area contributed by atoms with E-state index < -0.39 is 0 Å². The van der Waals surface area contributed by atoms with Gasteiger partial charge in [-0.25, -0.2) is 0 Å². The van der Waals surface area contributed by atoms with Gasteiger partial charge in [-0.2, -0.15) is 0 Å². The molecular formula is C16H28N2O. The average molecular weight is 264 g/mol. The summed E-state index contributed by atoms with van der Waals surface area (Å²) in [7, 11) is 1.90. The first kappa shape index (κ1) is 13.4. The molecule has 2 N–H and O–H groups in total. The van der Waals surface area contributed by atoms with E-state index in [4.69, 9.17) is 0 Å². The van der Waals surface area contributed by atoms with Crippen molar-refractivity contribution in [2.45, 2.75) is 64.3 Å². The monoisotopic (exact) mass is 264 g/mol. The van der Waals surface area contributed by atoms with E-state index in [1.54, 1.807) is 0 Å². The van der Waals surface area contributed by atoms with Gasteiger partial charge in [0.15, 0.2) is 0 Å². The molecule has 3 nitrogen and oxygen atoms in total. The molecular weight excluding hydrogens is 236 g/mol. The maximum atomic E-state index is 12.1. The standard InChI is InChI=1S/C16H28N2O/c1-14-6-12-7-15(2,9-14)11-16(8-12,10-14)18-13(19)4-5-17-3/h12,17H,4-11H2,1-3H3,(H,18,19). The van der Waals surface area contributed by atoms with E-state index in [2.05, 4.69) is 24.5 Å². The Morgan fingerprint density at radius 1 is 1.11 bits per heavy atom. The maximum absolute atomic E-state index is 12.1. The number of hydrogen-bond acceptors (Lipinski definition) is 2. The van der Waals surface area contributed by atoms with Crippen LogP contribution >= 0.6 is 0 Å². The fraction of sp³-hybridized carbons (Fsp3) is 0.938. The van der Waals surface area contributed by atoms with Gasteiger partial charge in [-0.15, -0.1) is 0 Å². The Labute approximate surface area is 116 Å². The zero-order valence-electron chi connectivity index (χ0n) is 12.6. The van der Waals surface area contributed by atoms with E-state index in [9.17, 15) is 4.79 Å². The van der Waals surface area contributed by atoms with E-state index >= 15 is 0 Å². The largest absolute Gasteiger partial charge is 0.351 e. The van der Waals surface area contributed by atoms with Gasteiger partial charge < -0.3 is 10.6 Å². The molecule has 2 unspecified atom stereocenters. The normalized spacial score (nSPS) is 47.4. The lowest BCUT2D eigenvalue weighted by molar-refractivity contribution is -0.139. The third kappa shape index (κ3) is 2.42. The Hall–Kier alpha value is -0.570. The summed E-state index contributed by atoms with van der Waals surface area (Å²) in [5.74, 6) is 1.08. The number of carbonyl (C=O) groups excluding carboxylic acids is 1. The fourth-order valence-electron chi connectivity index (χ4n) is 6.18. The molecule has 4 rings (SSSR count). The minimum atomic E-state index is 0.119. The third-order valence-corrected chi connectivity index (χ3v) is 5.63. The highest BCUT2D eigenvalue weighted by Gasteiger charge is 2.60. The van der Waals surface area contributed by atoms with Crippen LogP contribution in [-0.4, -0.2) is 25.0 Å². The molecule has 0 aromatic carbocycles. The fourth-order valence-corrected chi connectivity index (χ4v) is 6.18. The zero-order valence-corrected chi connectivity index (χ0v) is 12.6. The van der Waals surface area contributed by atoms with Crippen LogP contribution in [0.5, 0.6) is 0 Å². The summed E-state index contributed by atoms with van der Waals surface area (Å²) in [6, 6.07) is 0. The quantitative estimate of drug-likeness (QED) is 0.819. The number of carbonyl (C=O) groups is 1. The summed E-state index contributed by atoms with van der Waals surface area (Å²) in [6.07, 6.45) is 8.38. The van der Waals surface area contributed by atoms with Crippen molar-refractivity contribution in [1.29, 1.82) is 0 Å². The number of nitrogens with one attached hydrogen (secondary N) is 2. The van der Waals surface area contributed by atoms with Gasteiger partial charge in [0.2, 0.25) is 5.91 Å². The highest BCUT2D eigenvalue weighted by Crippen LogP contribution is 2.66. The van der Waals surface area contributed by atoms with Gasteiger partial charge in [0.25, 0.3) is 0 Å². The van der Waals surface area contributed by atoms with Gasteiger partial charge in [-0.1, -0.05) is 13.8 Å². The Morgan fingerprint density at radius 2 is 1.74 bits per heavy atom. The molecule has 108 valence electrons. The van der Waals surface area contributed by atoms with E-state index in [1.807, 2.05) is 7.05 Å². The van der Waals surface area contributed by atoms with Crippen LogP contribution in [0, 0.1) is 16.7 Å². The highest BCUT2D eigenvalue weighted by atomic mass is 16.1. The molecule has 0 aromatic rings. The molecule has 3 heteroatoms. The summed E-state index contributed by atoms with van der Waals surface area (Å²) in [5.41, 5.74) is 1.07. The Balaban J connectivity index is 1.75. The van der Waals surface area contributed by atoms with E-state index in [1.165, 1.54) is 38.5 Å². The zero-order chi connectivity index (χ0) is 13.7. The topological polar surface area (TPSA) is 41.1 Å². The first-order valence-corrected chi connectivity index (χ1v) is 7.82. The second-order valence-electron chi connectivity index (χ2n) is 8.31. The van der Waals surface area contributed by atoms with Gasteiger partial charge in [0.1, 0.15) is 0 Å². The second-order valence-corrected chi connectivity index (χ2v) is 8.31. The summed E-state index contributed by atoms with van der Waals surface area (Å²) < 4.78 is 0. The van der Waals surface area contributed by atoms with Crippen molar-refractivity contribution in [2.75, 3.05) is 13.6 Å². The van der Waals surface area contributed by atoms with Crippen molar-refractivity contribution in [3.63, 3.8) is 0 Å². The SMILES string of the molecule is CNCCC(=O)NC12CC3CC(C)(CC(C)(C3)C1)C2. The van der Waals surface area contributed by atoms with Crippen LogP contribution < -0.4 is 10.6 Å². The molecule has 0 heterocycles. The van der Waals surface area contributed by atoms with Gasteiger partial charge in [0.05, 0.1) is 0 Å². The van der Waals surface area contributed by atoms with Crippen molar-refractivity contribution < 1.29 is 4.79 Å². The Morgan fingerprint density at radius 3 is 2.26 bits per heavy atom. The molecule has 0 aliphatic heterocycles. The maximum Gasteiger partial charge on any atom is 0.221 e. The minimum Gasteiger partial charge on any atom is -0.351 e. The molecule has 1 amide bonds. The molecule has 0 radical (unpaired) electrons. The highest BCUT2D eigenvalue weighted by molar-refractivity contribution is 5.77. The molecule has 0 aromatic heterocycles. The second kappa shape index (κ2) is 4.21. The van der Waals surface area contributed by atoms with Gasteiger partial charge in [0, 0.05) is 18.5 Å². The average Bonchev–Trinajstić information content (AvgIpc) is 2.20. The number of amides is 1. The van der Waals surface area contributed by atoms with Crippen molar-refractivity contribution in [3.05, 3.63) is 0 Å². The van der Waals surface area contributed by atoms with E-state index in [-0.39, 0.29) is 11.4 Å². The van der Waals surface area contributed by atoms with Crippen LogP contribution in [0.25, 0.3) is 0 Å². The lowest BCUT2D eigenvalue weighted by Gasteiger charge is -2.65. The smallest absolute Gasteiger partial charge is 0.221 e. The number of hydrogen-bond donors (Lipinski definition) is 2. The Bertz CT molecular complexity index is 374. The van der Waals surface area contributed by atoms with Gasteiger partial charge >= 0.3 is 0 Å². The van der Waals surface area contributed by atoms with Gasteiger partial charge in [-0.3, -0.25) is 4.79 Å². The van der Waals surface area contributed by atoms with Crippen molar-refractivity contribution >= 4 is 5.91 Å². The predicted molar refractivity (Wildman–Crippen MR) is 76.8 cm³/mol. The molecule has 0 spiro atoms. The molecule has 2 atom stereocenters. The van der Waals surface area contributed by atoms with Crippen molar-refractivity contribution in [3.8, 4) is 0 Å². The van der Waals surface area contributed by atoms with E-state index in [0.29, 0.717) is 17.3 Å².